The summed E-state index contributed by atoms with van der Waals surface area (Å²) in [4.78, 5) is 2.39. The molecule has 0 fully saturated rings. The molecule has 0 N–H and O–H groups in total. The van der Waals surface area contributed by atoms with Crippen molar-refractivity contribution in [2.45, 2.75) is 0 Å². The Morgan fingerprint density at radius 3 is 1.25 bits per heavy atom. The van der Waals surface area contributed by atoms with E-state index in [2.05, 4.69) is 193 Å². The molecule has 0 atom stereocenters. The van der Waals surface area contributed by atoms with Crippen LogP contribution in [0.4, 0.5) is 17.1 Å². The number of rotatable bonds is 3. The van der Waals surface area contributed by atoms with Gasteiger partial charge in [-0.25, -0.2) is 0 Å². The van der Waals surface area contributed by atoms with Crippen LogP contribution in [0.25, 0.3) is 0 Å². The van der Waals surface area contributed by atoms with Gasteiger partial charge in [0.25, 0.3) is 0 Å². The van der Waals surface area contributed by atoms with Gasteiger partial charge < -0.3 is 14.4 Å². The minimum absolute atomic E-state index is 0.847. The summed E-state index contributed by atoms with van der Waals surface area (Å²) in [6, 6.07) is 73.8. The number of benzene rings is 8. The monoisotopic (exact) mass is 711 g/mol. The highest BCUT2D eigenvalue weighted by molar-refractivity contribution is 7.33. The second-order valence-electron chi connectivity index (χ2n) is 14.0. The van der Waals surface area contributed by atoms with Crippen LogP contribution < -0.4 is 55.9 Å². The molecule has 3 nitrogen and oxygen atoms in total. The van der Waals surface area contributed by atoms with E-state index >= 15 is 0 Å². The van der Waals surface area contributed by atoms with E-state index in [0.717, 1.165) is 40.1 Å². The molecule has 0 saturated carbocycles. The zero-order valence-corrected chi connectivity index (χ0v) is 30.8. The molecule has 3 aliphatic heterocycles. The van der Waals surface area contributed by atoms with Crippen molar-refractivity contribution in [2.24, 2.45) is 0 Å². The van der Waals surface area contributed by atoms with Crippen LogP contribution in [0.2, 0.25) is 0 Å². The fourth-order valence-corrected chi connectivity index (χ4v) is 21.7. The molecule has 11 rings (SSSR count). The van der Waals surface area contributed by atoms with Crippen LogP contribution in [-0.2, 0) is 0 Å². The molecule has 0 saturated heterocycles. The summed E-state index contributed by atoms with van der Waals surface area (Å²) in [5.74, 6) is 3.58. The third-order valence-electron chi connectivity index (χ3n) is 11.5. The number of para-hydroxylation sites is 6. The predicted octanol–water partition coefficient (Wildman–Crippen LogP) is 6.44. The van der Waals surface area contributed by atoms with Gasteiger partial charge >= 0.3 is 0 Å². The maximum Gasteiger partial charge on any atom is 0.188 e. The van der Waals surface area contributed by atoms with Crippen molar-refractivity contribution in [3.05, 3.63) is 200 Å². The first-order chi connectivity index (χ1) is 26.3. The summed E-state index contributed by atoms with van der Waals surface area (Å²) in [5, 5.41) is 11.1. The summed E-state index contributed by atoms with van der Waals surface area (Å²) in [6.45, 7) is 0. The van der Waals surface area contributed by atoms with E-state index < -0.39 is 16.1 Å². The van der Waals surface area contributed by atoms with Crippen molar-refractivity contribution in [1.29, 1.82) is 0 Å². The lowest BCUT2D eigenvalue weighted by Crippen LogP contribution is -2.93. The van der Waals surface area contributed by atoms with Gasteiger partial charge in [0.2, 0.25) is 0 Å². The predicted molar refractivity (Wildman–Crippen MR) is 222 cm³/mol. The molecule has 0 aliphatic carbocycles. The third-order valence-corrected chi connectivity index (χ3v) is 21.7. The Kier molecular flexibility index (Phi) is 6.59. The second kappa shape index (κ2) is 11.6. The van der Waals surface area contributed by atoms with E-state index in [-0.39, 0.29) is 0 Å². The van der Waals surface area contributed by atoms with Gasteiger partial charge in [-0.05, 0) is 90.0 Å². The van der Waals surface area contributed by atoms with E-state index in [4.69, 9.17) is 9.47 Å². The first kappa shape index (κ1) is 30.2. The molecular weight excluding hydrogens is 679 g/mol. The Bertz CT molecular complexity index is 2580. The van der Waals surface area contributed by atoms with Crippen LogP contribution in [0.5, 0.6) is 23.0 Å². The highest BCUT2D eigenvalue weighted by atomic mass is 28.3. The minimum Gasteiger partial charge on any atom is -0.458 e. The minimum atomic E-state index is -3.03. The van der Waals surface area contributed by atoms with Crippen LogP contribution in [-0.4, -0.2) is 16.1 Å². The van der Waals surface area contributed by atoms with Crippen molar-refractivity contribution >= 4 is 74.7 Å². The van der Waals surface area contributed by atoms with Crippen molar-refractivity contribution in [2.75, 3.05) is 4.90 Å². The van der Waals surface area contributed by atoms with Gasteiger partial charge in [0, 0.05) is 5.69 Å². The molecule has 5 heteroatoms. The van der Waals surface area contributed by atoms with Crippen molar-refractivity contribution in [3.8, 4) is 23.0 Å². The van der Waals surface area contributed by atoms with Crippen LogP contribution in [0, 0.1) is 0 Å². The second-order valence-corrected chi connectivity index (χ2v) is 21.4. The zero-order chi connectivity index (χ0) is 35.0. The van der Waals surface area contributed by atoms with Crippen LogP contribution >= 0.6 is 0 Å². The maximum absolute atomic E-state index is 6.81. The molecule has 3 heterocycles. The SMILES string of the molecule is c1ccc([Si]2(c3ccccc3)c3ccccc3[Si]3(c4ccccc4Oc4ccccc43)c3cc(N4c5ccccc5Oc5ccccc54)ccc32)cc1. The molecular formula is C48H33NO2Si2. The summed E-state index contributed by atoms with van der Waals surface area (Å²) in [5.41, 5.74) is 3.17. The average Bonchev–Trinajstić information content (AvgIpc) is 3.23. The lowest BCUT2D eigenvalue weighted by molar-refractivity contribution is 0.477. The zero-order valence-electron chi connectivity index (χ0n) is 28.8. The fourth-order valence-electron chi connectivity index (χ4n) is 9.46. The van der Waals surface area contributed by atoms with Crippen molar-refractivity contribution < 1.29 is 9.47 Å². The largest absolute Gasteiger partial charge is 0.458 e. The third kappa shape index (κ3) is 4.09. The summed E-state index contributed by atoms with van der Waals surface area (Å²) in [6.07, 6.45) is 0. The average molecular weight is 712 g/mol. The topological polar surface area (TPSA) is 21.7 Å². The molecule has 0 radical (unpaired) electrons. The summed E-state index contributed by atoms with van der Waals surface area (Å²) in [7, 11) is -5.93. The van der Waals surface area contributed by atoms with Crippen LogP contribution in [0.15, 0.2) is 200 Å². The van der Waals surface area contributed by atoms with E-state index in [9.17, 15) is 0 Å². The lowest BCUT2D eigenvalue weighted by Gasteiger charge is -2.50. The Morgan fingerprint density at radius 1 is 0.302 bits per heavy atom. The van der Waals surface area contributed by atoms with E-state index in [1.54, 1.807) is 0 Å². The molecule has 0 unspecified atom stereocenters. The van der Waals surface area contributed by atoms with Gasteiger partial charge in [0.1, 0.15) is 11.5 Å². The number of hydrogen-bond acceptors (Lipinski definition) is 3. The van der Waals surface area contributed by atoms with E-state index in [1.807, 2.05) is 12.1 Å². The van der Waals surface area contributed by atoms with Crippen LogP contribution in [0.3, 0.4) is 0 Å². The number of ether oxygens (including phenoxy) is 2. The van der Waals surface area contributed by atoms with Crippen molar-refractivity contribution in [3.63, 3.8) is 0 Å². The van der Waals surface area contributed by atoms with Gasteiger partial charge in [-0.3, -0.25) is 0 Å². The number of anilines is 3. The Morgan fingerprint density at radius 2 is 0.698 bits per heavy atom. The van der Waals surface area contributed by atoms with Gasteiger partial charge in [-0.2, -0.15) is 0 Å². The molecule has 8 aromatic rings. The first-order valence-electron chi connectivity index (χ1n) is 18.2. The lowest BCUT2D eigenvalue weighted by atomic mass is 10.1. The summed E-state index contributed by atoms with van der Waals surface area (Å²) < 4.78 is 13.3. The van der Waals surface area contributed by atoms with Gasteiger partial charge in [0.15, 0.2) is 27.6 Å². The Labute approximate surface area is 311 Å². The standard InChI is InChI=1S/C48H33NO2Si2/c1-3-17-35(18-4-1)52(36-19-5-2-6-20-36)45-29-15-16-30-46(45)53(43-27-13-11-25-41(43)51-42-26-12-14-28-44(42)53)48-33-34(31-32-47(48)52)49-37-21-7-9-23-39(37)50-40-24-10-8-22-38(40)49/h1-33H. The van der Waals surface area contributed by atoms with E-state index in [0.29, 0.717) is 0 Å². The molecule has 0 amide bonds. The maximum atomic E-state index is 6.81. The first-order valence-corrected chi connectivity index (χ1v) is 22.2. The quantitative estimate of drug-likeness (QED) is 0.197. The fraction of sp³-hybridized carbons (Fsp3) is 0. The molecule has 3 aliphatic rings. The summed E-state index contributed by atoms with van der Waals surface area (Å²) >= 11 is 0. The van der Waals surface area contributed by atoms with Gasteiger partial charge in [-0.1, -0.05) is 152 Å². The van der Waals surface area contributed by atoms with E-state index in [1.165, 1.54) is 41.5 Å². The number of nitrogens with zero attached hydrogens (tertiary/aromatic N) is 1. The molecule has 250 valence electrons. The highest BCUT2D eigenvalue weighted by Gasteiger charge is 2.59. The normalized spacial score (nSPS) is 15.0. The molecule has 53 heavy (non-hydrogen) atoms. The van der Waals surface area contributed by atoms with Crippen molar-refractivity contribution in [1.82, 2.24) is 0 Å². The number of fused-ring (bicyclic) bond motifs is 10. The smallest absolute Gasteiger partial charge is 0.188 e. The number of hydrogen-bond donors (Lipinski definition) is 0. The molecule has 1 spiro atoms. The molecule has 0 aromatic heterocycles. The molecule has 8 aromatic carbocycles. The highest BCUT2D eigenvalue weighted by Crippen LogP contribution is 2.50. The Balaban J connectivity index is 1.33. The van der Waals surface area contributed by atoms with Crippen LogP contribution in [0.1, 0.15) is 0 Å². The molecule has 0 bridgehead atoms. The van der Waals surface area contributed by atoms with Gasteiger partial charge in [-0.15, -0.1) is 0 Å². The van der Waals surface area contributed by atoms with Gasteiger partial charge in [0.05, 0.1) is 11.4 Å². The Hall–Kier alpha value is -6.41.